The number of rotatable bonds is 5. The van der Waals surface area contributed by atoms with E-state index in [4.69, 9.17) is 0 Å². The average Bonchev–Trinajstić information content (AvgIpc) is 2.68. The maximum absolute atomic E-state index is 4.67. The van der Waals surface area contributed by atoms with Gasteiger partial charge in [-0.25, -0.2) is 4.98 Å². The molecule has 4 heteroatoms. The molecule has 0 aliphatic carbocycles. The van der Waals surface area contributed by atoms with Crippen LogP contribution in [0.1, 0.15) is 25.8 Å². The number of nitrogens with zero attached hydrogens (tertiary/aromatic N) is 2. The first-order valence-corrected chi connectivity index (χ1v) is 7.54. The molecule has 0 bridgehead atoms. The third-order valence-corrected chi connectivity index (χ3v) is 3.91. The van der Waals surface area contributed by atoms with Crippen molar-refractivity contribution >= 4 is 21.6 Å². The Bertz CT molecular complexity index is 494. The fourth-order valence-electron chi connectivity index (χ4n) is 1.92. The molecule has 19 heavy (non-hydrogen) atoms. The maximum Gasteiger partial charge on any atom is 0.108 e. The van der Waals surface area contributed by atoms with Crippen molar-refractivity contribution in [2.75, 3.05) is 20.1 Å². The molecule has 0 saturated heterocycles. The Hall–Kier alpha value is -0.970. The molecule has 104 valence electrons. The number of hydrogen-bond donors (Lipinski definition) is 1. The molecule has 1 N–H and O–H groups in total. The number of hydrogen-bond acceptors (Lipinski definition) is 4. The van der Waals surface area contributed by atoms with Gasteiger partial charge in [0.05, 0.1) is 16.8 Å². The van der Waals surface area contributed by atoms with Gasteiger partial charge < -0.3 is 5.32 Å². The normalized spacial score (nSPS) is 12.5. The monoisotopic (exact) mass is 277 g/mol. The fourth-order valence-corrected chi connectivity index (χ4v) is 2.97. The number of aromatic nitrogens is 1. The van der Waals surface area contributed by atoms with Gasteiger partial charge in [-0.3, -0.25) is 4.90 Å². The predicted molar refractivity (Wildman–Crippen MR) is 83.7 cm³/mol. The summed E-state index contributed by atoms with van der Waals surface area (Å²) >= 11 is 1.79. The zero-order valence-corrected chi connectivity index (χ0v) is 13.0. The third-order valence-electron chi connectivity index (χ3n) is 2.89. The van der Waals surface area contributed by atoms with Gasteiger partial charge in [0.1, 0.15) is 5.01 Å². The van der Waals surface area contributed by atoms with E-state index in [1.165, 1.54) is 9.71 Å². The van der Waals surface area contributed by atoms with Crippen LogP contribution in [-0.4, -0.2) is 35.6 Å². The van der Waals surface area contributed by atoms with Crippen molar-refractivity contribution in [2.45, 2.75) is 32.9 Å². The first-order chi connectivity index (χ1) is 8.94. The van der Waals surface area contributed by atoms with E-state index in [0.717, 1.165) is 25.2 Å². The second kappa shape index (κ2) is 5.99. The number of benzene rings is 1. The molecule has 1 aromatic heterocycles. The van der Waals surface area contributed by atoms with Crippen LogP contribution in [0.15, 0.2) is 24.3 Å². The van der Waals surface area contributed by atoms with Crippen molar-refractivity contribution < 1.29 is 0 Å². The Morgan fingerprint density at radius 3 is 2.68 bits per heavy atom. The van der Waals surface area contributed by atoms with Crippen molar-refractivity contribution in [3.05, 3.63) is 29.3 Å². The van der Waals surface area contributed by atoms with Crippen molar-refractivity contribution in [3.63, 3.8) is 0 Å². The molecule has 2 aromatic rings. The van der Waals surface area contributed by atoms with Gasteiger partial charge in [0.2, 0.25) is 0 Å². The minimum Gasteiger partial charge on any atom is -0.311 e. The summed E-state index contributed by atoms with van der Waals surface area (Å²) in [7, 11) is 2.15. The molecule has 0 unspecified atom stereocenters. The summed E-state index contributed by atoms with van der Waals surface area (Å²) in [5, 5.41) is 4.70. The number of likely N-dealkylation sites (N-methyl/N-ethyl adjacent to an activating group) is 1. The maximum atomic E-state index is 4.67. The van der Waals surface area contributed by atoms with Crippen LogP contribution in [0.5, 0.6) is 0 Å². The number of nitrogens with one attached hydrogen (secondary N) is 1. The van der Waals surface area contributed by atoms with E-state index < -0.39 is 0 Å². The Kier molecular flexibility index (Phi) is 4.55. The molecule has 0 fully saturated rings. The minimum absolute atomic E-state index is 0.191. The molecular formula is C15H23N3S. The summed E-state index contributed by atoms with van der Waals surface area (Å²) in [6.07, 6.45) is 0. The summed E-state index contributed by atoms with van der Waals surface area (Å²) < 4.78 is 1.28. The number of fused-ring (bicyclic) bond motifs is 1. The molecule has 0 aliphatic rings. The third kappa shape index (κ3) is 4.56. The van der Waals surface area contributed by atoms with Gasteiger partial charge in [-0.2, -0.15) is 0 Å². The van der Waals surface area contributed by atoms with E-state index in [1.54, 1.807) is 11.3 Å². The fraction of sp³-hybridized carbons (Fsp3) is 0.533. The van der Waals surface area contributed by atoms with Crippen LogP contribution < -0.4 is 5.32 Å². The van der Waals surface area contributed by atoms with Crippen LogP contribution in [0, 0.1) is 0 Å². The van der Waals surface area contributed by atoms with Gasteiger partial charge in [-0.05, 0) is 40.0 Å². The molecule has 3 nitrogen and oxygen atoms in total. The average molecular weight is 277 g/mol. The van der Waals surface area contributed by atoms with Crippen molar-refractivity contribution in [3.8, 4) is 0 Å². The van der Waals surface area contributed by atoms with Gasteiger partial charge in [0.15, 0.2) is 0 Å². The van der Waals surface area contributed by atoms with Crippen molar-refractivity contribution in [1.82, 2.24) is 15.2 Å². The van der Waals surface area contributed by atoms with Gasteiger partial charge >= 0.3 is 0 Å². The Morgan fingerprint density at radius 1 is 1.26 bits per heavy atom. The molecular weight excluding hydrogens is 254 g/mol. The first kappa shape index (κ1) is 14.4. The van der Waals surface area contributed by atoms with Gasteiger partial charge in [-0.15, -0.1) is 11.3 Å². The van der Waals surface area contributed by atoms with E-state index >= 15 is 0 Å². The summed E-state index contributed by atoms with van der Waals surface area (Å²) in [5.74, 6) is 0. The van der Waals surface area contributed by atoms with Crippen molar-refractivity contribution in [1.29, 1.82) is 0 Å². The summed E-state index contributed by atoms with van der Waals surface area (Å²) in [5.41, 5.74) is 1.31. The number of thiazole rings is 1. The highest BCUT2D eigenvalue weighted by atomic mass is 32.1. The summed E-state index contributed by atoms with van der Waals surface area (Å²) in [4.78, 5) is 6.98. The first-order valence-electron chi connectivity index (χ1n) is 6.72. The Balaban J connectivity index is 1.86. The predicted octanol–water partition coefficient (Wildman–Crippen LogP) is 3.12. The quantitative estimate of drug-likeness (QED) is 0.910. The lowest BCUT2D eigenvalue weighted by molar-refractivity contribution is 0.303. The highest BCUT2D eigenvalue weighted by Crippen LogP contribution is 2.22. The van der Waals surface area contributed by atoms with Crippen LogP contribution in [-0.2, 0) is 6.54 Å². The Morgan fingerprint density at radius 2 is 2.00 bits per heavy atom. The van der Waals surface area contributed by atoms with Crippen LogP contribution in [0.25, 0.3) is 10.2 Å². The molecule has 0 atom stereocenters. The zero-order chi connectivity index (χ0) is 13.9. The van der Waals surface area contributed by atoms with E-state index in [9.17, 15) is 0 Å². The van der Waals surface area contributed by atoms with E-state index in [0.29, 0.717) is 0 Å². The van der Waals surface area contributed by atoms with Gasteiger partial charge in [-0.1, -0.05) is 12.1 Å². The molecule has 1 aromatic carbocycles. The van der Waals surface area contributed by atoms with Crippen LogP contribution in [0.4, 0.5) is 0 Å². The lowest BCUT2D eigenvalue weighted by atomic mass is 10.1. The smallest absolute Gasteiger partial charge is 0.108 e. The standard InChI is InChI=1S/C15H23N3S/c1-15(2,3)16-9-10-18(4)11-14-17-12-7-5-6-8-13(12)19-14/h5-8,16H,9-11H2,1-4H3. The lowest BCUT2D eigenvalue weighted by Crippen LogP contribution is -2.40. The van der Waals surface area contributed by atoms with Crippen LogP contribution in [0.3, 0.4) is 0 Å². The largest absolute Gasteiger partial charge is 0.311 e. The van der Waals surface area contributed by atoms with E-state index in [1.807, 2.05) is 6.07 Å². The highest BCUT2D eigenvalue weighted by Gasteiger charge is 2.10. The molecule has 0 amide bonds. The topological polar surface area (TPSA) is 28.2 Å². The van der Waals surface area contributed by atoms with Gasteiger partial charge in [0, 0.05) is 18.6 Å². The Labute approximate surface area is 119 Å². The molecule has 1 heterocycles. The van der Waals surface area contributed by atoms with Crippen LogP contribution >= 0.6 is 11.3 Å². The summed E-state index contributed by atoms with van der Waals surface area (Å²) in [6, 6.07) is 8.33. The molecule has 0 radical (unpaired) electrons. The van der Waals surface area contributed by atoms with E-state index in [2.05, 4.69) is 61.2 Å². The second-order valence-corrected chi connectivity index (χ2v) is 7.11. The zero-order valence-electron chi connectivity index (χ0n) is 12.2. The summed E-state index contributed by atoms with van der Waals surface area (Å²) in [6.45, 7) is 9.55. The van der Waals surface area contributed by atoms with Crippen LogP contribution in [0.2, 0.25) is 0 Å². The SMILES string of the molecule is CN(CCNC(C)(C)C)Cc1nc2ccccc2s1. The lowest BCUT2D eigenvalue weighted by Gasteiger charge is -2.23. The van der Waals surface area contributed by atoms with Crippen molar-refractivity contribution in [2.24, 2.45) is 0 Å². The van der Waals surface area contributed by atoms with E-state index in [-0.39, 0.29) is 5.54 Å². The second-order valence-electron chi connectivity index (χ2n) is 5.99. The van der Waals surface area contributed by atoms with Gasteiger partial charge in [0.25, 0.3) is 0 Å². The molecule has 2 rings (SSSR count). The molecule has 0 saturated carbocycles. The minimum atomic E-state index is 0.191. The number of para-hydroxylation sites is 1. The molecule has 0 aliphatic heterocycles. The highest BCUT2D eigenvalue weighted by molar-refractivity contribution is 7.18. The molecule has 0 spiro atoms.